The fourth-order valence-corrected chi connectivity index (χ4v) is 1.80. The van der Waals surface area contributed by atoms with E-state index in [1.165, 1.54) is 18.6 Å². The van der Waals surface area contributed by atoms with Crippen molar-refractivity contribution in [1.82, 2.24) is 9.97 Å². The lowest BCUT2D eigenvalue weighted by atomic mass is 10.2. The Kier molecular flexibility index (Phi) is 3.42. The minimum atomic E-state index is -0.701. The molecule has 2 heterocycles. The number of rotatable bonds is 4. The number of carbonyl (C=O) groups excluding carboxylic acids is 2. The molecule has 104 valence electrons. The third-order valence-electron chi connectivity index (χ3n) is 2.81. The zero-order valence-corrected chi connectivity index (χ0v) is 10.9. The average Bonchev–Trinajstić information content (AvgIpc) is 2.97. The molecule has 6 nitrogen and oxygen atoms in total. The lowest BCUT2D eigenvalue weighted by molar-refractivity contribution is 0.0462. The number of hydrogen-bond donors (Lipinski definition) is 0. The lowest BCUT2D eigenvalue weighted by Gasteiger charge is -2.01. The molecule has 21 heavy (non-hydrogen) atoms. The smallest absolute Gasteiger partial charge is 0.358 e. The van der Waals surface area contributed by atoms with Crippen LogP contribution in [0.4, 0.5) is 0 Å². The van der Waals surface area contributed by atoms with Crippen molar-refractivity contribution in [2.24, 2.45) is 0 Å². The number of ketones is 1. The highest BCUT2D eigenvalue weighted by Gasteiger charge is 2.16. The Morgan fingerprint density at radius 2 is 2.05 bits per heavy atom. The van der Waals surface area contributed by atoms with Crippen molar-refractivity contribution in [1.29, 1.82) is 0 Å². The van der Waals surface area contributed by atoms with Crippen molar-refractivity contribution < 1.29 is 18.7 Å². The van der Waals surface area contributed by atoms with Crippen LogP contribution in [0.1, 0.15) is 21.0 Å². The standard InChI is InChI=1S/C15H10N2O4/c18-12(9-20-15(19)11-8-16-5-6-17-11)14-7-10-3-1-2-4-13(10)21-14/h1-8H,9H2. The number of ether oxygens (including phenoxy) is 1. The molecule has 0 saturated heterocycles. The number of furan rings is 1. The maximum Gasteiger partial charge on any atom is 0.358 e. The van der Waals surface area contributed by atoms with Gasteiger partial charge in [-0.15, -0.1) is 0 Å². The molecule has 2 aromatic heterocycles. The summed E-state index contributed by atoms with van der Waals surface area (Å²) in [5, 5.41) is 0.820. The van der Waals surface area contributed by atoms with Gasteiger partial charge in [0, 0.05) is 17.8 Å². The summed E-state index contributed by atoms with van der Waals surface area (Å²) in [6.45, 7) is -0.408. The summed E-state index contributed by atoms with van der Waals surface area (Å²) in [6, 6.07) is 8.88. The number of carbonyl (C=O) groups is 2. The van der Waals surface area contributed by atoms with Gasteiger partial charge >= 0.3 is 5.97 Å². The van der Waals surface area contributed by atoms with E-state index in [4.69, 9.17) is 9.15 Å². The van der Waals surface area contributed by atoms with Crippen molar-refractivity contribution in [3.8, 4) is 0 Å². The molecule has 3 aromatic rings. The third-order valence-corrected chi connectivity index (χ3v) is 2.81. The lowest BCUT2D eigenvalue weighted by Crippen LogP contribution is -2.14. The molecule has 0 spiro atoms. The average molecular weight is 282 g/mol. The highest BCUT2D eigenvalue weighted by molar-refractivity contribution is 5.99. The van der Waals surface area contributed by atoms with E-state index in [0.29, 0.717) is 5.58 Å². The van der Waals surface area contributed by atoms with Crippen LogP contribution in [0.15, 0.2) is 53.3 Å². The monoisotopic (exact) mass is 282 g/mol. The first-order valence-electron chi connectivity index (χ1n) is 6.19. The fraction of sp³-hybridized carbons (Fsp3) is 0.0667. The predicted molar refractivity (Wildman–Crippen MR) is 72.9 cm³/mol. The highest BCUT2D eigenvalue weighted by Crippen LogP contribution is 2.19. The molecule has 0 bridgehead atoms. The van der Waals surface area contributed by atoms with Crippen LogP contribution in [-0.4, -0.2) is 28.3 Å². The van der Waals surface area contributed by atoms with Gasteiger partial charge in [-0.05, 0) is 12.1 Å². The van der Waals surface area contributed by atoms with Crippen molar-refractivity contribution in [3.63, 3.8) is 0 Å². The van der Waals surface area contributed by atoms with Gasteiger partial charge < -0.3 is 9.15 Å². The van der Waals surface area contributed by atoms with Crippen LogP contribution < -0.4 is 0 Å². The molecule has 6 heteroatoms. The number of hydrogen-bond acceptors (Lipinski definition) is 6. The molecule has 0 atom stereocenters. The maximum absolute atomic E-state index is 11.9. The second-order valence-corrected chi connectivity index (χ2v) is 4.24. The second-order valence-electron chi connectivity index (χ2n) is 4.24. The van der Waals surface area contributed by atoms with Gasteiger partial charge in [0.05, 0.1) is 6.20 Å². The Labute approximate surface area is 119 Å². The quantitative estimate of drug-likeness (QED) is 0.539. The Morgan fingerprint density at radius 1 is 1.19 bits per heavy atom. The largest absolute Gasteiger partial charge is 0.453 e. The third kappa shape index (κ3) is 2.79. The molecular weight excluding hydrogens is 272 g/mol. The van der Waals surface area contributed by atoms with Crippen LogP contribution in [0.5, 0.6) is 0 Å². The fourth-order valence-electron chi connectivity index (χ4n) is 1.80. The van der Waals surface area contributed by atoms with E-state index in [0.717, 1.165) is 5.39 Å². The molecule has 0 aliphatic carbocycles. The van der Waals surface area contributed by atoms with Gasteiger partial charge in [-0.25, -0.2) is 9.78 Å². The molecule has 0 aliphatic heterocycles. The molecule has 0 fully saturated rings. The van der Waals surface area contributed by atoms with Gasteiger partial charge in [0.2, 0.25) is 5.78 Å². The van der Waals surface area contributed by atoms with E-state index >= 15 is 0 Å². The molecule has 1 aromatic carbocycles. The molecule has 0 saturated carbocycles. The summed E-state index contributed by atoms with van der Waals surface area (Å²) in [6.07, 6.45) is 4.09. The molecule has 0 amide bonds. The van der Waals surface area contributed by atoms with Crippen LogP contribution in [0.25, 0.3) is 11.0 Å². The number of nitrogens with zero attached hydrogens (tertiary/aromatic N) is 2. The van der Waals surface area contributed by atoms with Crippen molar-refractivity contribution in [2.75, 3.05) is 6.61 Å². The van der Waals surface area contributed by atoms with E-state index in [9.17, 15) is 9.59 Å². The minimum Gasteiger partial charge on any atom is -0.453 e. The topological polar surface area (TPSA) is 82.3 Å². The van der Waals surface area contributed by atoms with Crippen molar-refractivity contribution >= 4 is 22.7 Å². The van der Waals surface area contributed by atoms with E-state index in [1.54, 1.807) is 12.1 Å². The van der Waals surface area contributed by atoms with Gasteiger partial charge in [-0.1, -0.05) is 18.2 Å². The molecule has 3 rings (SSSR count). The first kappa shape index (κ1) is 13.0. The Morgan fingerprint density at radius 3 is 2.81 bits per heavy atom. The van der Waals surface area contributed by atoms with Crippen molar-refractivity contribution in [2.45, 2.75) is 0 Å². The summed E-state index contributed by atoms with van der Waals surface area (Å²) < 4.78 is 10.3. The highest BCUT2D eigenvalue weighted by atomic mass is 16.5. The van der Waals surface area contributed by atoms with Crippen LogP contribution in [0.2, 0.25) is 0 Å². The summed E-state index contributed by atoms with van der Waals surface area (Å²) >= 11 is 0. The van der Waals surface area contributed by atoms with E-state index < -0.39 is 18.4 Å². The van der Waals surface area contributed by atoms with E-state index in [1.807, 2.05) is 18.2 Å². The number of Topliss-reactive ketones (excluding diaryl/α,β-unsaturated/α-hetero) is 1. The SMILES string of the molecule is O=C(OCC(=O)c1cc2ccccc2o1)c1cnccn1. The minimum absolute atomic E-state index is 0.0508. The molecular formula is C15H10N2O4. The van der Waals surface area contributed by atoms with Gasteiger partial charge in [-0.3, -0.25) is 9.78 Å². The first-order valence-corrected chi connectivity index (χ1v) is 6.19. The van der Waals surface area contributed by atoms with Crippen LogP contribution >= 0.6 is 0 Å². The molecule has 0 unspecified atom stereocenters. The Bertz CT molecular complexity index is 763. The number of benzene rings is 1. The zero-order chi connectivity index (χ0) is 14.7. The van der Waals surface area contributed by atoms with E-state index in [-0.39, 0.29) is 11.5 Å². The molecule has 0 N–H and O–H groups in total. The van der Waals surface area contributed by atoms with Crippen LogP contribution in [0.3, 0.4) is 0 Å². The second kappa shape index (κ2) is 5.54. The van der Waals surface area contributed by atoms with E-state index in [2.05, 4.69) is 9.97 Å². The van der Waals surface area contributed by atoms with Gasteiger partial charge in [0.1, 0.15) is 5.58 Å². The summed E-state index contributed by atoms with van der Waals surface area (Å²) in [5.41, 5.74) is 0.663. The number of fused-ring (bicyclic) bond motifs is 1. The van der Waals surface area contributed by atoms with Crippen LogP contribution in [0, 0.1) is 0 Å². The predicted octanol–water partition coefficient (Wildman–Crippen LogP) is 2.26. The Hall–Kier alpha value is -3.02. The number of aromatic nitrogens is 2. The normalized spacial score (nSPS) is 10.5. The summed E-state index contributed by atoms with van der Waals surface area (Å²) in [5.74, 6) is -0.959. The van der Waals surface area contributed by atoms with Crippen molar-refractivity contribution in [3.05, 3.63) is 60.4 Å². The van der Waals surface area contributed by atoms with Crippen LogP contribution in [-0.2, 0) is 4.74 Å². The van der Waals surface area contributed by atoms with Gasteiger partial charge in [0.15, 0.2) is 18.1 Å². The number of para-hydroxylation sites is 1. The zero-order valence-electron chi connectivity index (χ0n) is 10.9. The summed E-state index contributed by atoms with van der Waals surface area (Å²) in [7, 11) is 0. The van der Waals surface area contributed by atoms with Gasteiger partial charge in [-0.2, -0.15) is 0 Å². The van der Waals surface area contributed by atoms with Gasteiger partial charge in [0.25, 0.3) is 0 Å². The maximum atomic E-state index is 11.9. The summed E-state index contributed by atoms with van der Waals surface area (Å²) in [4.78, 5) is 31.1. The Balaban J connectivity index is 1.68. The number of esters is 1. The first-order chi connectivity index (χ1) is 10.2. The molecule has 0 aliphatic rings. The molecule has 0 radical (unpaired) electrons.